The molecule has 0 spiro atoms. The average molecular weight is 268 g/mol. The molecule has 5 heteroatoms. The first-order valence-electron chi connectivity index (χ1n) is 5.79. The summed E-state index contributed by atoms with van der Waals surface area (Å²) >= 11 is 0. The van der Waals surface area contributed by atoms with Crippen molar-refractivity contribution in [2.75, 3.05) is 0 Å². The van der Waals surface area contributed by atoms with E-state index < -0.39 is 11.9 Å². The zero-order chi connectivity index (χ0) is 14.4. The Morgan fingerprint density at radius 3 is 2.00 bits per heavy atom. The second kappa shape index (κ2) is 4.03. The van der Waals surface area contributed by atoms with Crippen molar-refractivity contribution in [3.63, 3.8) is 0 Å². The largest absolute Gasteiger partial charge is 0.478 e. The van der Waals surface area contributed by atoms with E-state index in [1.165, 1.54) is 24.3 Å². The summed E-state index contributed by atoms with van der Waals surface area (Å²) in [6.45, 7) is 0. The summed E-state index contributed by atoms with van der Waals surface area (Å²) in [5.74, 6) is -2.71. The highest BCUT2D eigenvalue weighted by Crippen LogP contribution is 2.33. The van der Waals surface area contributed by atoms with Gasteiger partial charge in [-0.2, -0.15) is 0 Å². The standard InChI is InChI=1S/C15H8O5/c16-11-6-2-7-1-3-9(14(17)18)13-10(15(19)20)5-4-8(11)12(7)13/h1-6H,(H,17,18)(H,19,20). The highest BCUT2D eigenvalue weighted by Gasteiger charge is 2.23. The van der Waals surface area contributed by atoms with Gasteiger partial charge in [0, 0.05) is 16.3 Å². The van der Waals surface area contributed by atoms with E-state index in [1.807, 2.05) is 0 Å². The molecule has 0 atom stereocenters. The highest BCUT2D eigenvalue weighted by molar-refractivity contribution is 6.25. The third kappa shape index (κ3) is 1.53. The third-order valence-electron chi connectivity index (χ3n) is 3.33. The number of ketones is 1. The molecule has 1 aliphatic rings. The number of hydrogen-bond acceptors (Lipinski definition) is 3. The van der Waals surface area contributed by atoms with Gasteiger partial charge in [0.1, 0.15) is 0 Å². The number of carbonyl (C=O) groups excluding carboxylic acids is 1. The van der Waals surface area contributed by atoms with Gasteiger partial charge in [0.25, 0.3) is 0 Å². The minimum absolute atomic E-state index is 0.0951. The summed E-state index contributed by atoms with van der Waals surface area (Å²) in [5.41, 5.74) is 0.727. The Morgan fingerprint density at radius 1 is 0.800 bits per heavy atom. The molecule has 0 amide bonds. The van der Waals surface area contributed by atoms with E-state index >= 15 is 0 Å². The molecule has 2 N–H and O–H groups in total. The van der Waals surface area contributed by atoms with Crippen LogP contribution in [0.25, 0.3) is 16.8 Å². The van der Waals surface area contributed by atoms with E-state index in [1.54, 1.807) is 12.1 Å². The Kier molecular flexibility index (Phi) is 2.44. The Bertz CT molecular complexity index is 810. The van der Waals surface area contributed by atoms with Crippen molar-refractivity contribution in [2.45, 2.75) is 0 Å². The number of carboxylic acids is 2. The van der Waals surface area contributed by atoms with Crippen molar-refractivity contribution in [3.05, 3.63) is 52.6 Å². The first kappa shape index (κ1) is 12.1. The molecule has 0 bridgehead atoms. The predicted molar refractivity (Wildman–Crippen MR) is 71.2 cm³/mol. The Labute approximate surface area is 112 Å². The van der Waals surface area contributed by atoms with E-state index in [0.717, 1.165) is 0 Å². The summed E-state index contributed by atoms with van der Waals surface area (Å²) in [4.78, 5) is 34.5. The van der Waals surface area contributed by atoms with Crippen LogP contribution in [0.15, 0.2) is 30.3 Å². The van der Waals surface area contributed by atoms with Gasteiger partial charge in [0.2, 0.25) is 0 Å². The van der Waals surface area contributed by atoms with Crippen LogP contribution in [0.3, 0.4) is 0 Å². The molecule has 0 aliphatic heterocycles. The molecule has 2 aromatic carbocycles. The molecule has 0 fully saturated rings. The van der Waals surface area contributed by atoms with Crippen LogP contribution < -0.4 is 0 Å². The SMILES string of the molecule is O=C1C=Cc2ccc(C(=O)O)c3c(C(=O)O)ccc1c23. The molecule has 0 aromatic heterocycles. The Balaban J connectivity index is 2.59. The van der Waals surface area contributed by atoms with E-state index in [0.29, 0.717) is 16.5 Å². The minimum Gasteiger partial charge on any atom is -0.478 e. The van der Waals surface area contributed by atoms with E-state index in [2.05, 4.69) is 0 Å². The van der Waals surface area contributed by atoms with E-state index in [9.17, 15) is 24.6 Å². The second-order valence-corrected chi connectivity index (χ2v) is 4.42. The van der Waals surface area contributed by atoms with Crippen molar-refractivity contribution >= 4 is 34.6 Å². The molecule has 2 aromatic rings. The number of hydrogen-bond donors (Lipinski definition) is 2. The lowest BCUT2D eigenvalue weighted by molar-refractivity contribution is 0.0695. The quantitative estimate of drug-likeness (QED) is 0.872. The number of benzene rings is 2. The second-order valence-electron chi connectivity index (χ2n) is 4.42. The molecule has 98 valence electrons. The molecular weight excluding hydrogens is 260 g/mol. The average Bonchev–Trinajstić information content (AvgIpc) is 2.41. The van der Waals surface area contributed by atoms with Crippen LogP contribution >= 0.6 is 0 Å². The zero-order valence-electron chi connectivity index (χ0n) is 10.1. The predicted octanol–water partition coefficient (Wildman–Crippen LogP) is 2.45. The number of allylic oxidation sites excluding steroid dienone is 1. The first-order valence-corrected chi connectivity index (χ1v) is 5.79. The molecular formula is C15H8O5. The molecule has 0 heterocycles. The van der Waals surface area contributed by atoms with Gasteiger partial charge in [-0.25, -0.2) is 9.59 Å². The van der Waals surface area contributed by atoms with Gasteiger partial charge in [0.05, 0.1) is 11.1 Å². The van der Waals surface area contributed by atoms with Crippen molar-refractivity contribution in [3.8, 4) is 0 Å². The molecule has 0 saturated heterocycles. The number of carboxylic acid groups (broad SMARTS) is 2. The number of rotatable bonds is 2. The highest BCUT2D eigenvalue weighted by atomic mass is 16.4. The van der Waals surface area contributed by atoms with Crippen LogP contribution in [0.5, 0.6) is 0 Å². The van der Waals surface area contributed by atoms with Crippen molar-refractivity contribution in [1.82, 2.24) is 0 Å². The molecule has 5 nitrogen and oxygen atoms in total. The summed E-state index contributed by atoms with van der Waals surface area (Å²) < 4.78 is 0. The fraction of sp³-hybridized carbons (Fsp3) is 0. The van der Waals surface area contributed by atoms with Crippen LogP contribution in [0.1, 0.15) is 36.6 Å². The van der Waals surface area contributed by atoms with E-state index in [4.69, 9.17) is 0 Å². The topological polar surface area (TPSA) is 91.7 Å². The number of aromatic carboxylic acids is 2. The maximum Gasteiger partial charge on any atom is 0.336 e. The lowest BCUT2D eigenvalue weighted by Gasteiger charge is -2.15. The zero-order valence-corrected chi connectivity index (χ0v) is 10.1. The van der Waals surface area contributed by atoms with Crippen molar-refractivity contribution in [1.29, 1.82) is 0 Å². The maximum absolute atomic E-state index is 11.9. The van der Waals surface area contributed by atoms with Gasteiger partial charge >= 0.3 is 11.9 Å². The van der Waals surface area contributed by atoms with Gasteiger partial charge in [-0.05, 0) is 29.8 Å². The molecule has 20 heavy (non-hydrogen) atoms. The maximum atomic E-state index is 11.9. The lowest BCUT2D eigenvalue weighted by Crippen LogP contribution is -2.09. The van der Waals surface area contributed by atoms with Gasteiger partial charge in [-0.15, -0.1) is 0 Å². The van der Waals surface area contributed by atoms with Gasteiger partial charge in [-0.3, -0.25) is 4.79 Å². The summed E-state index contributed by atoms with van der Waals surface area (Å²) in [6.07, 6.45) is 2.95. The lowest BCUT2D eigenvalue weighted by atomic mass is 9.87. The first-order chi connectivity index (χ1) is 9.50. The Morgan fingerprint density at radius 2 is 1.40 bits per heavy atom. The number of carbonyl (C=O) groups is 3. The van der Waals surface area contributed by atoms with Gasteiger partial charge < -0.3 is 10.2 Å². The smallest absolute Gasteiger partial charge is 0.336 e. The summed E-state index contributed by atoms with van der Waals surface area (Å²) in [5, 5.41) is 18.9. The molecule has 0 unspecified atom stereocenters. The molecule has 0 saturated carbocycles. The molecule has 1 aliphatic carbocycles. The van der Waals surface area contributed by atoms with Crippen LogP contribution in [-0.2, 0) is 0 Å². The summed E-state index contributed by atoms with van der Waals surface area (Å²) in [7, 11) is 0. The van der Waals surface area contributed by atoms with E-state index in [-0.39, 0.29) is 22.3 Å². The fourth-order valence-corrected chi connectivity index (χ4v) is 2.48. The summed E-state index contributed by atoms with van der Waals surface area (Å²) in [6, 6.07) is 5.63. The van der Waals surface area contributed by atoms with Crippen LogP contribution in [0, 0.1) is 0 Å². The fourth-order valence-electron chi connectivity index (χ4n) is 2.48. The van der Waals surface area contributed by atoms with Gasteiger partial charge in [-0.1, -0.05) is 12.1 Å². The van der Waals surface area contributed by atoms with Crippen molar-refractivity contribution in [2.24, 2.45) is 0 Å². The normalized spacial score (nSPS) is 12.7. The monoisotopic (exact) mass is 268 g/mol. The van der Waals surface area contributed by atoms with Crippen molar-refractivity contribution < 1.29 is 24.6 Å². The van der Waals surface area contributed by atoms with Crippen LogP contribution in [-0.4, -0.2) is 27.9 Å². The molecule has 0 radical (unpaired) electrons. The molecule has 3 rings (SSSR count). The Hall–Kier alpha value is -2.95. The van der Waals surface area contributed by atoms with Crippen LogP contribution in [0.2, 0.25) is 0 Å². The van der Waals surface area contributed by atoms with Gasteiger partial charge in [0.15, 0.2) is 5.78 Å². The minimum atomic E-state index is -1.22. The van der Waals surface area contributed by atoms with Crippen LogP contribution in [0.4, 0.5) is 0 Å². The third-order valence-corrected chi connectivity index (χ3v) is 3.33.